The van der Waals surface area contributed by atoms with Gasteiger partial charge in [0, 0.05) is 31.6 Å². The van der Waals surface area contributed by atoms with Crippen LogP contribution in [0.15, 0.2) is 48.5 Å². The molecule has 2 aromatic carbocycles. The van der Waals surface area contributed by atoms with Crippen LogP contribution in [0.5, 0.6) is 0 Å². The van der Waals surface area contributed by atoms with Crippen LogP contribution in [-0.2, 0) is 0 Å². The Labute approximate surface area is 135 Å². The van der Waals surface area contributed by atoms with Crippen molar-refractivity contribution in [2.45, 2.75) is 18.9 Å². The summed E-state index contributed by atoms with van der Waals surface area (Å²) in [5, 5.41) is 0. The molecular weight excluding hydrogens is 294 g/mol. The zero-order chi connectivity index (χ0) is 16.4. The van der Waals surface area contributed by atoms with Gasteiger partial charge in [0.1, 0.15) is 11.6 Å². The summed E-state index contributed by atoms with van der Waals surface area (Å²) in [5.74, 6) is 0.0534. The predicted molar refractivity (Wildman–Crippen MR) is 88.2 cm³/mol. The lowest BCUT2D eigenvalue weighted by atomic mass is 9.90. The molecule has 0 bridgehead atoms. The first-order valence-corrected chi connectivity index (χ1v) is 8.02. The van der Waals surface area contributed by atoms with E-state index in [1.165, 1.54) is 24.3 Å². The van der Waals surface area contributed by atoms with Crippen LogP contribution in [0.25, 0.3) is 0 Å². The number of likely N-dealkylation sites (tertiary alicyclic amines) is 1. The van der Waals surface area contributed by atoms with Gasteiger partial charge in [0.05, 0.1) is 0 Å². The lowest BCUT2D eigenvalue weighted by molar-refractivity contribution is 0.315. The second-order valence-electron chi connectivity index (χ2n) is 6.52. The van der Waals surface area contributed by atoms with Crippen molar-refractivity contribution >= 4 is 0 Å². The van der Waals surface area contributed by atoms with Gasteiger partial charge in [-0.15, -0.1) is 0 Å². The van der Waals surface area contributed by atoms with Crippen molar-refractivity contribution in [3.8, 4) is 0 Å². The molecule has 0 aliphatic carbocycles. The molecule has 1 aliphatic heterocycles. The van der Waals surface area contributed by atoms with Crippen molar-refractivity contribution in [2.24, 2.45) is 11.7 Å². The third-order valence-electron chi connectivity index (χ3n) is 4.73. The Balaban J connectivity index is 1.87. The minimum absolute atomic E-state index is 0.0775. The molecule has 1 heterocycles. The van der Waals surface area contributed by atoms with Gasteiger partial charge in [-0.3, -0.25) is 0 Å². The van der Waals surface area contributed by atoms with Gasteiger partial charge >= 0.3 is 0 Å². The highest BCUT2D eigenvalue weighted by Crippen LogP contribution is 2.28. The highest BCUT2D eigenvalue weighted by molar-refractivity contribution is 5.33. The standard InChI is InChI=1S/C19H22F2N2/c1-13-10-23(12-19(13)22)11-18(14-2-6-16(20)7-3-14)15-4-8-17(21)9-5-15/h2-9,13,18-19H,10-12,22H2,1H3. The average molecular weight is 316 g/mol. The number of hydrogen-bond donors (Lipinski definition) is 1. The van der Waals surface area contributed by atoms with E-state index in [0.29, 0.717) is 5.92 Å². The molecule has 23 heavy (non-hydrogen) atoms. The maximum atomic E-state index is 13.2. The van der Waals surface area contributed by atoms with Gasteiger partial charge in [0.25, 0.3) is 0 Å². The van der Waals surface area contributed by atoms with Gasteiger partial charge in [-0.05, 0) is 41.3 Å². The molecule has 2 nitrogen and oxygen atoms in total. The molecule has 0 radical (unpaired) electrons. The summed E-state index contributed by atoms with van der Waals surface area (Å²) in [4.78, 5) is 2.34. The molecule has 0 amide bonds. The Morgan fingerprint density at radius 2 is 1.43 bits per heavy atom. The summed E-state index contributed by atoms with van der Waals surface area (Å²) in [6, 6.07) is 13.3. The molecule has 2 atom stereocenters. The van der Waals surface area contributed by atoms with Crippen LogP contribution in [0, 0.1) is 17.6 Å². The quantitative estimate of drug-likeness (QED) is 0.937. The van der Waals surface area contributed by atoms with Crippen LogP contribution in [0.2, 0.25) is 0 Å². The van der Waals surface area contributed by atoms with E-state index in [0.717, 1.165) is 30.8 Å². The molecule has 3 rings (SSSR count). The maximum Gasteiger partial charge on any atom is 0.123 e. The lowest BCUT2D eigenvalue weighted by Gasteiger charge is -2.25. The maximum absolute atomic E-state index is 13.2. The largest absolute Gasteiger partial charge is 0.326 e. The van der Waals surface area contributed by atoms with Gasteiger partial charge in [-0.1, -0.05) is 31.2 Å². The predicted octanol–water partition coefficient (Wildman–Crippen LogP) is 3.38. The van der Waals surface area contributed by atoms with Crippen molar-refractivity contribution < 1.29 is 8.78 Å². The summed E-state index contributed by atoms with van der Waals surface area (Å²) in [6.07, 6.45) is 0. The molecule has 4 heteroatoms. The number of rotatable bonds is 4. The smallest absolute Gasteiger partial charge is 0.123 e. The average Bonchev–Trinajstić information content (AvgIpc) is 2.85. The number of halogens is 2. The Morgan fingerprint density at radius 3 is 1.83 bits per heavy atom. The van der Waals surface area contributed by atoms with Crippen molar-refractivity contribution in [3.05, 3.63) is 71.3 Å². The van der Waals surface area contributed by atoms with Crippen LogP contribution in [0.1, 0.15) is 24.0 Å². The summed E-state index contributed by atoms with van der Waals surface area (Å²) < 4.78 is 26.5. The Hall–Kier alpha value is -1.78. The van der Waals surface area contributed by atoms with Gasteiger partial charge in [0.15, 0.2) is 0 Å². The normalized spacial score (nSPS) is 22.0. The minimum Gasteiger partial charge on any atom is -0.326 e. The van der Waals surface area contributed by atoms with E-state index < -0.39 is 0 Å². The van der Waals surface area contributed by atoms with Crippen LogP contribution in [0.3, 0.4) is 0 Å². The summed E-state index contributed by atoms with van der Waals surface area (Å²) in [5.41, 5.74) is 8.19. The Kier molecular flexibility index (Phi) is 4.74. The first-order chi connectivity index (χ1) is 11.0. The summed E-state index contributed by atoms with van der Waals surface area (Å²) in [7, 11) is 0. The minimum atomic E-state index is -0.247. The monoisotopic (exact) mass is 316 g/mol. The lowest BCUT2D eigenvalue weighted by Crippen LogP contribution is -2.31. The van der Waals surface area contributed by atoms with Gasteiger partial charge in [-0.25, -0.2) is 8.78 Å². The first kappa shape index (κ1) is 16.1. The van der Waals surface area contributed by atoms with E-state index in [1.54, 1.807) is 0 Å². The molecule has 0 saturated carbocycles. The number of hydrogen-bond acceptors (Lipinski definition) is 2. The second kappa shape index (κ2) is 6.77. The van der Waals surface area contributed by atoms with E-state index >= 15 is 0 Å². The zero-order valence-corrected chi connectivity index (χ0v) is 13.3. The molecular formula is C19H22F2N2. The van der Waals surface area contributed by atoms with Gasteiger partial charge < -0.3 is 10.6 Å². The van der Waals surface area contributed by atoms with Crippen molar-refractivity contribution in [3.63, 3.8) is 0 Å². The molecule has 1 saturated heterocycles. The second-order valence-corrected chi connectivity index (χ2v) is 6.52. The van der Waals surface area contributed by atoms with Crippen molar-refractivity contribution in [2.75, 3.05) is 19.6 Å². The van der Waals surface area contributed by atoms with E-state index in [1.807, 2.05) is 24.3 Å². The van der Waals surface area contributed by atoms with Gasteiger partial charge in [-0.2, -0.15) is 0 Å². The molecule has 0 aromatic heterocycles. The van der Waals surface area contributed by atoms with E-state index in [-0.39, 0.29) is 23.6 Å². The third-order valence-corrected chi connectivity index (χ3v) is 4.73. The highest BCUT2D eigenvalue weighted by Gasteiger charge is 2.29. The fraction of sp³-hybridized carbons (Fsp3) is 0.368. The van der Waals surface area contributed by atoms with Crippen LogP contribution < -0.4 is 5.73 Å². The number of nitrogens with zero attached hydrogens (tertiary/aromatic N) is 1. The van der Waals surface area contributed by atoms with Crippen molar-refractivity contribution in [1.29, 1.82) is 0 Å². The Morgan fingerprint density at radius 1 is 0.957 bits per heavy atom. The fourth-order valence-electron chi connectivity index (χ4n) is 3.30. The zero-order valence-electron chi connectivity index (χ0n) is 13.3. The van der Waals surface area contributed by atoms with Crippen LogP contribution >= 0.6 is 0 Å². The molecule has 122 valence electrons. The molecule has 2 N–H and O–H groups in total. The molecule has 1 aliphatic rings. The first-order valence-electron chi connectivity index (χ1n) is 8.02. The highest BCUT2D eigenvalue weighted by atomic mass is 19.1. The van der Waals surface area contributed by atoms with Crippen LogP contribution in [-0.4, -0.2) is 30.6 Å². The molecule has 2 aromatic rings. The van der Waals surface area contributed by atoms with Crippen LogP contribution in [0.4, 0.5) is 8.78 Å². The molecule has 0 spiro atoms. The van der Waals surface area contributed by atoms with E-state index in [2.05, 4.69) is 11.8 Å². The van der Waals surface area contributed by atoms with E-state index in [4.69, 9.17) is 5.73 Å². The molecule has 1 fully saturated rings. The third kappa shape index (κ3) is 3.77. The number of nitrogens with two attached hydrogens (primary N) is 1. The SMILES string of the molecule is CC1CN(CC(c2ccc(F)cc2)c2ccc(F)cc2)CC1N. The van der Waals surface area contributed by atoms with Gasteiger partial charge in [0.2, 0.25) is 0 Å². The van der Waals surface area contributed by atoms with Crippen molar-refractivity contribution in [1.82, 2.24) is 4.90 Å². The Bertz CT molecular complexity index is 584. The van der Waals surface area contributed by atoms with E-state index in [9.17, 15) is 8.78 Å². The topological polar surface area (TPSA) is 29.3 Å². The summed E-state index contributed by atoms with van der Waals surface area (Å²) in [6.45, 7) is 4.78. The fourth-order valence-corrected chi connectivity index (χ4v) is 3.30. The number of benzene rings is 2. The summed E-state index contributed by atoms with van der Waals surface area (Å²) >= 11 is 0. The molecule has 2 unspecified atom stereocenters.